The number of benzene rings is 3. The second kappa shape index (κ2) is 11.4. The molecule has 0 heterocycles. The molecule has 0 aliphatic heterocycles. The fraction of sp³-hybridized carbons (Fsp3) is 0.125. The first-order chi connectivity index (χ1) is 15.9. The Balaban J connectivity index is 1.58. The highest BCUT2D eigenvalue weighted by Gasteiger charge is 2.13. The predicted octanol–water partition coefficient (Wildman–Crippen LogP) is 4.03. The van der Waals surface area contributed by atoms with Crippen LogP contribution in [0.5, 0.6) is 11.5 Å². The summed E-state index contributed by atoms with van der Waals surface area (Å²) in [5, 5.41) is 6.11. The highest BCUT2D eigenvalue weighted by atomic mass is 19.1. The van der Waals surface area contributed by atoms with Gasteiger partial charge < -0.3 is 14.8 Å². The van der Waals surface area contributed by atoms with Crippen LogP contribution in [0, 0.1) is 11.6 Å². The third-order valence-corrected chi connectivity index (χ3v) is 4.26. The predicted molar refractivity (Wildman–Crippen MR) is 119 cm³/mol. The molecular weight excluding hydrogens is 432 g/mol. The van der Waals surface area contributed by atoms with Crippen LogP contribution in [0.1, 0.15) is 18.1 Å². The van der Waals surface area contributed by atoms with E-state index in [-0.39, 0.29) is 18.1 Å². The van der Waals surface area contributed by atoms with Crippen molar-refractivity contribution < 1.29 is 27.8 Å². The van der Waals surface area contributed by atoms with Crippen LogP contribution in [0.15, 0.2) is 71.8 Å². The number of rotatable bonds is 8. The van der Waals surface area contributed by atoms with Gasteiger partial charge in [-0.15, -0.1) is 0 Å². The maximum absolute atomic E-state index is 13.0. The summed E-state index contributed by atoms with van der Waals surface area (Å²) < 4.78 is 37.3. The molecule has 0 aliphatic carbocycles. The minimum Gasteiger partial charge on any atom is -0.490 e. The molecule has 7 nitrogen and oxygen atoms in total. The van der Waals surface area contributed by atoms with Crippen molar-refractivity contribution in [1.82, 2.24) is 5.43 Å². The lowest BCUT2D eigenvalue weighted by molar-refractivity contribution is -0.136. The Morgan fingerprint density at radius 3 is 2.21 bits per heavy atom. The summed E-state index contributed by atoms with van der Waals surface area (Å²) in [5.41, 5.74) is 3.78. The summed E-state index contributed by atoms with van der Waals surface area (Å²) in [7, 11) is 0. The van der Waals surface area contributed by atoms with Gasteiger partial charge >= 0.3 is 11.8 Å². The van der Waals surface area contributed by atoms with E-state index in [1.165, 1.54) is 30.5 Å². The highest BCUT2D eigenvalue weighted by Crippen LogP contribution is 2.29. The van der Waals surface area contributed by atoms with Gasteiger partial charge in [0.05, 0.1) is 12.8 Å². The van der Waals surface area contributed by atoms with E-state index in [2.05, 4.69) is 15.8 Å². The Kier molecular flexibility index (Phi) is 8.07. The number of hydrazone groups is 1. The normalized spacial score (nSPS) is 10.6. The molecule has 0 aromatic heterocycles. The third kappa shape index (κ3) is 7.13. The van der Waals surface area contributed by atoms with Crippen LogP contribution >= 0.6 is 0 Å². The fourth-order valence-electron chi connectivity index (χ4n) is 2.67. The van der Waals surface area contributed by atoms with Gasteiger partial charge in [-0.05, 0) is 72.6 Å². The quantitative estimate of drug-likeness (QED) is 0.306. The minimum absolute atomic E-state index is 0.229. The zero-order valence-electron chi connectivity index (χ0n) is 17.7. The monoisotopic (exact) mass is 453 g/mol. The SMILES string of the molecule is CCOc1cc(C=NNC(=O)C(=O)Nc2ccc(F)cc2)ccc1OCc1ccc(F)cc1. The lowest BCUT2D eigenvalue weighted by Gasteiger charge is -2.12. The molecule has 9 heteroatoms. The number of ether oxygens (including phenoxy) is 2. The standard InChI is InChI=1S/C24H21F2N3O4/c1-2-32-22-13-17(5-12-21(22)33-15-16-3-6-18(25)7-4-16)14-27-29-24(31)23(30)28-20-10-8-19(26)9-11-20/h3-14H,2,15H2,1H3,(H,28,30)(H,29,31). The van der Waals surface area contributed by atoms with Gasteiger partial charge in [0.2, 0.25) is 0 Å². The first kappa shape index (κ1) is 23.4. The van der Waals surface area contributed by atoms with Gasteiger partial charge in [0.25, 0.3) is 0 Å². The molecule has 33 heavy (non-hydrogen) atoms. The van der Waals surface area contributed by atoms with Gasteiger partial charge in [-0.1, -0.05) is 12.1 Å². The Hall–Kier alpha value is -4.27. The summed E-state index contributed by atoms with van der Waals surface area (Å²) in [6, 6.07) is 16.0. The Morgan fingerprint density at radius 2 is 1.55 bits per heavy atom. The second-order valence-corrected chi connectivity index (χ2v) is 6.71. The van der Waals surface area contributed by atoms with Crippen molar-refractivity contribution in [2.75, 3.05) is 11.9 Å². The molecule has 0 fully saturated rings. The summed E-state index contributed by atoms with van der Waals surface area (Å²) in [5.74, 6) is -1.76. The molecule has 3 aromatic rings. The molecule has 0 spiro atoms. The van der Waals surface area contributed by atoms with Crippen LogP contribution in [0.4, 0.5) is 14.5 Å². The Bertz CT molecular complexity index is 1130. The van der Waals surface area contributed by atoms with E-state index >= 15 is 0 Å². The van der Waals surface area contributed by atoms with E-state index in [0.29, 0.717) is 23.7 Å². The molecular formula is C24H21F2N3O4. The van der Waals surface area contributed by atoms with E-state index in [0.717, 1.165) is 17.7 Å². The summed E-state index contributed by atoms with van der Waals surface area (Å²) in [6.07, 6.45) is 1.34. The van der Waals surface area contributed by atoms with Crippen molar-refractivity contribution in [3.63, 3.8) is 0 Å². The van der Waals surface area contributed by atoms with Crippen LogP contribution in [0.2, 0.25) is 0 Å². The van der Waals surface area contributed by atoms with Crippen molar-refractivity contribution >= 4 is 23.7 Å². The van der Waals surface area contributed by atoms with E-state index < -0.39 is 17.6 Å². The molecule has 0 saturated carbocycles. The van der Waals surface area contributed by atoms with Crippen molar-refractivity contribution in [2.45, 2.75) is 13.5 Å². The number of carbonyl (C=O) groups is 2. The van der Waals surface area contributed by atoms with E-state index in [4.69, 9.17) is 9.47 Å². The van der Waals surface area contributed by atoms with Crippen LogP contribution in [-0.4, -0.2) is 24.6 Å². The van der Waals surface area contributed by atoms with E-state index in [1.54, 1.807) is 30.3 Å². The molecule has 0 radical (unpaired) electrons. The van der Waals surface area contributed by atoms with Crippen molar-refractivity contribution in [3.8, 4) is 11.5 Å². The van der Waals surface area contributed by atoms with Crippen LogP contribution < -0.4 is 20.2 Å². The third-order valence-electron chi connectivity index (χ3n) is 4.26. The molecule has 3 aromatic carbocycles. The largest absolute Gasteiger partial charge is 0.490 e. The number of carbonyl (C=O) groups excluding carboxylic acids is 2. The minimum atomic E-state index is -0.986. The van der Waals surface area contributed by atoms with Gasteiger partial charge in [-0.25, -0.2) is 14.2 Å². The van der Waals surface area contributed by atoms with Crippen molar-refractivity contribution in [2.24, 2.45) is 5.10 Å². The van der Waals surface area contributed by atoms with Crippen LogP contribution in [-0.2, 0) is 16.2 Å². The molecule has 0 atom stereocenters. The number of halogens is 2. The topological polar surface area (TPSA) is 89.0 Å². The van der Waals surface area contributed by atoms with Crippen molar-refractivity contribution in [3.05, 3.63) is 89.5 Å². The van der Waals surface area contributed by atoms with Gasteiger partial charge in [0, 0.05) is 5.69 Å². The van der Waals surface area contributed by atoms with Gasteiger partial charge in [0.1, 0.15) is 18.2 Å². The molecule has 0 unspecified atom stereocenters. The van der Waals surface area contributed by atoms with Crippen LogP contribution in [0.25, 0.3) is 0 Å². The number of hydrogen-bond donors (Lipinski definition) is 2. The lowest BCUT2D eigenvalue weighted by Crippen LogP contribution is -2.32. The van der Waals surface area contributed by atoms with Crippen LogP contribution in [0.3, 0.4) is 0 Å². The average Bonchev–Trinajstić information content (AvgIpc) is 2.81. The number of hydrogen-bond acceptors (Lipinski definition) is 5. The summed E-state index contributed by atoms with van der Waals surface area (Å²) in [4.78, 5) is 23.8. The fourth-order valence-corrected chi connectivity index (χ4v) is 2.67. The number of nitrogens with one attached hydrogen (secondary N) is 2. The van der Waals surface area contributed by atoms with Gasteiger partial charge in [-0.3, -0.25) is 9.59 Å². The molecule has 0 saturated heterocycles. The maximum atomic E-state index is 13.0. The lowest BCUT2D eigenvalue weighted by atomic mass is 10.2. The van der Waals surface area contributed by atoms with Gasteiger partial charge in [0.15, 0.2) is 11.5 Å². The molecule has 0 aliphatic rings. The first-order valence-electron chi connectivity index (χ1n) is 9.98. The maximum Gasteiger partial charge on any atom is 0.329 e. The Morgan fingerprint density at radius 1 is 0.879 bits per heavy atom. The van der Waals surface area contributed by atoms with Crippen molar-refractivity contribution in [1.29, 1.82) is 0 Å². The van der Waals surface area contributed by atoms with E-state index in [1.807, 2.05) is 6.92 Å². The van der Waals surface area contributed by atoms with E-state index in [9.17, 15) is 18.4 Å². The summed E-state index contributed by atoms with van der Waals surface area (Å²) in [6.45, 7) is 2.45. The number of amides is 2. The molecule has 0 bridgehead atoms. The molecule has 3 rings (SSSR count). The number of anilines is 1. The smallest absolute Gasteiger partial charge is 0.329 e. The molecule has 170 valence electrons. The first-order valence-corrected chi connectivity index (χ1v) is 9.98. The number of nitrogens with zero attached hydrogens (tertiary/aromatic N) is 1. The Labute approximate surface area is 189 Å². The molecule has 2 amide bonds. The zero-order valence-corrected chi connectivity index (χ0v) is 17.7. The average molecular weight is 453 g/mol. The highest BCUT2D eigenvalue weighted by molar-refractivity contribution is 6.39. The van der Waals surface area contributed by atoms with Gasteiger partial charge in [-0.2, -0.15) is 5.10 Å². The zero-order chi connectivity index (χ0) is 23.6. The second-order valence-electron chi connectivity index (χ2n) is 6.71. The molecule has 2 N–H and O–H groups in total. The summed E-state index contributed by atoms with van der Waals surface area (Å²) >= 11 is 0.